The first-order chi connectivity index (χ1) is 12.0. The minimum atomic E-state index is 0.426. The molecule has 3 aromatic rings. The van der Waals surface area contributed by atoms with E-state index in [1.165, 1.54) is 0 Å². The van der Waals surface area contributed by atoms with Crippen molar-refractivity contribution in [2.75, 3.05) is 10.6 Å². The number of halogens is 2. The van der Waals surface area contributed by atoms with E-state index in [4.69, 9.17) is 35.4 Å². The zero-order valence-corrected chi connectivity index (χ0v) is 15.8. The van der Waals surface area contributed by atoms with Crippen LogP contribution in [0.2, 0.25) is 10.0 Å². The first-order valence-electron chi connectivity index (χ1n) is 7.62. The Morgan fingerprint density at radius 2 is 1.88 bits per heavy atom. The SMILES string of the molecule is Cc1cccc(NC(=S)Nc2nn(Cc3ccccc3Cl)cc2Cl)c1. The second-order valence-electron chi connectivity index (χ2n) is 5.56. The predicted molar refractivity (Wildman–Crippen MR) is 109 cm³/mol. The Hall–Kier alpha value is -2.08. The van der Waals surface area contributed by atoms with Crippen LogP contribution in [0.15, 0.2) is 54.7 Å². The standard InChI is InChI=1S/C18H16Cl2N4S/c1-12-5-4-7-14(9-12)21-18(25)22-17-16(20)11-24(23-17)10-13-6-2-3-8-15(13)19/h2-9,11H,10H2,1H3,(H2,21,22,23,25). The van der Waals surface area contributed by atoms with Crippen molar-refractivity contribution < 1.29 is 0 Å². The van der Waals surface area contributed by atoms with Crippen LogP contribution in [0.25, 0.3) is 0 Å². The Kier molecular flexibility index (Phi) is 5.58. The van der Waals surface area contributed by atoms with Crippen LogP contribution in [0.1, 0.15) is 11.1 Å². The third-order valence-electron chi connectivity index (χ3n) is 3.52. The van der Waals surface area contributed by atoms with Crippen LogP contribution >= 0.6 is 35.4 Å². The fourth-order valence-electron chi connectivity index (χ4n) is 2.36. The number of nitrogens with one attached hydrogen (secondary N) is 2. The van der Waals surface area contributed by atoms with Crippen LogP contribution in [0.5, 0.6) is 0 Å². The van der Waals surface area contributed by atoms with Crippen molar-refractivity contribution in [2.24, 2.45) is 0 Å². The van der Waals surface area contributed by atoms with Crippen LogP contribution in [0.3, 0.4) is 0 Å². The number of thiocarbonyl (C=S) groups is 1. The van der Waals surface area contributed by atoms with Crippen molar-refractivity contribution in [3.63, 3.8) is 0 Å². The second-order valence-corrected chi connectivity index (χ2v) is 6.79. The molecule has 0 saturated heterocycles. The van der Waals surface area contributed by atoms with Gasteiger partial charge in [-0.15, -0.1) is 0 Å². The van der Waals surface area contributed by atoms with E-state index in [0.717, 1.165) is 16.8 Å². The third-order valence-corrected chi connectivity index (χ3v) is 4.36. The third kappa shape index (κ3) is 4.72. The summed E-state index contributed by atoms with van der Waals surface area (Å²) in [6.45, 7) is 2.55. The lowest BCUT2D eigenvalue weighted by Crippen LogP contribution is -2.19. The first kappa shape index (κ1) is 17.7. The van der Waals surface area contributed by atoms with Crippen molar-refractivity contribution >= 4 is 52.0 Å². The molecule has 3 rings (SSSR count). The number of hydrogen-bond donors (Lipinski definition) is 2. The number of nitrogens with zero attached hydrogens (tertiary/aromatic N) is 2. The van der Waals surface area contributed by atoms with Gasteiger partial charge >= 0.3 is 0 Å². The predicted octanol–water partition coefficient (Wildman–Crippen LogP) is 5.36. The number of benzene rings is 2. The van der Waals surface area contributed by atoms with Crippen LogP contribution in [0.4, 0.5) is 11.5 Å². The molecule has 25 heavy (non-hydrogen) atoms. The Morgan fingerprint density at radius 3 is 2.64 bits per heavy atom. The van der Waals surface area contributed by atoms with Gasteiger partial charge in [-0.25, -0.2) is 0 Å². The molecule has 0 atom stereocenters. The van der Waals surface area contributed by atoms with Gasteiger partial charge in [-0.3, -0.25) is 4.68 Å². The molecule has 1 aromatic heterocycles. The zero-order chi connectivity index (χ0) is 17.8. The number of hydrogen-bond acceptors (Lipinski definition) is 2. The number of aromatic nitrogens is 2. The number of aryl methyl sites for hydroxylation is 1. The lowest BCUT2D eigenvalue weighted by atomic mass is 10.2. The summed E-state index contributed by atoms with van der Waals surface area (Å²) >= 11 is 17.8. The van der Waals surface area contributed by atoms with Gasteiger partial charge in [0.2, 0.25) is 0 Å². The van der Waals surface area contributed by atoms with Crippen molar-refractivity contribution in [1.82, 2.24) is 9.78 Å². The smallest absolute Gasteiger partial charge is 0.176 e. The molecule has 0 aliphatic rings. The average Bonchev–Trinajstić information content (AvgIpc) is 2.89. The fourth-order valence-corrected chi connectivity index (χ4v) is 2.96. The topological polar surface area (TPSA) is 41.9 Å². The Morgan fingerprint density at radius 1 is 1.08 bits per heavy atom. The summed E-state index contributed by atoms with van der Waals surface area (Å²) in [7, 11) is 0. The molecule has 128 valence electrons. The maximum atomic E-state index is 6.26. The molecule has 0 unspecified atom stereocenters. The average molecular weight is 391 g/mol. The van der Waals surface area contributed by atoms with Crippen LogP contribution in [-0.4, -0.2) is 14.9 Å². The van der Waals surface area contributed by atoms with Crippen molar-refractivity contribution in [1.29, 1.82) is 0 Å². The molecule has 0 aliphatic heterocycles. The molecular formula is C18H16Cl2N4S. The normalized spacial score (nSPS) is 10.5. The molecule has 2 aromatic carbocycles. The van der Waals surface area contributed by atoms with Gasteiger partial charge in [-0.05, 0) is 48.5 Å². The largest absolute Gasteiger partial charge is 0.332 e. The summed E-state index contributed by atoms with van der Waals surface area (Å²) in [5.41, 5.74) is 3.02. The van der Waals surface area contributed by atoms with Gasteiger partial charge in [-0.2, -0.15) is 5.10 Å². The van der Waals surface area contributed by atoms with Gasteiger partial charge in [0.1, 0.15) is 5.02 Å². The lowest BCUT2D eigenvalue weighted by molar-refractivity contribution is 0.690. The summed E-state index contributed by atoms with van der Waals surface area (Å²) < 4.78 is 1.72. The molecule has 1 heterocycles. The molecule has 0 radical (unpaired) electrons. The molecule has 7 heteroatoms. The van der Waals surface area contributed by atoms with Gasteiger partial charge in [0.05, 0.1) is 6.54 Å². The summed E-state index contributed by atoms with van der Waals surface area (Å²) in [5.74, 6) is 0.499. The highest BCUT2D eigenvalue weighted by molar-refractivity contribution is 7.80. The molecule has 0 aliphatic carbocycles. The van der Waals surface area contributed by atoms with E-state index in [9.17, 15) is 0 Å². The Balaban J connectivity index is 1.68. The molecule has 0 amide bonds. The quantitative estimate of drug-likeness (QED) is 0.588. The summed E-state index contributed by atoms with van der Waals surface area (Å²) in [6.07, 6.45) is 1.74. The van der Waals surface area contributed by atoms with Crippen LogP contribution in [0, 0.1) is 6.92 Å². The van der Waals surface area contributed by atoms with Gasteiger partial charge in [-0.1, -0.05) is 53.5 Å². The highest BCUT2D eigenvalue weighted by Gasteiger charge is 2.10. The second kappa shape index (κ2) is 7.87. The van der Waals surface area contributed by atoms with E-state index in [1.807, 2.05) is 55.5 Å². The van der Waals surface area contributed by atoms with E-state index in [2.05, 4.69) is 15.7 Å². The van der Waals surface area contributed by atoms with E-state index in [0.29, 0.717) is 27.5 Å². The zero-order valence-electron chi connectivity index (χ0n) is 13.5. The minimum Gasteiger partial charge on any atom is -0.332 e. The maximum Gasteiger partial charge on any atom is 0.176 e. The van der Waals surface area contributed by atoms with Gasteiger partial charge in [0.15, 0.2) is 10.9 Å². The molecule has 0 fully saturated rings. The molecular weight excluding hydrogens is 375 g/mol. The number of rotatable bonds is 4. The molecule has 0 saturated carbocycles. The molecule has 4 nitrogen and oxygen atoms in total. The van der Waals surface area contributed by atoms with Crippen molar-refractivity contribution in [2.45, 2.75) is 13.5 Å². The van der Waals surface area contributed by atoms with E-state index in [1.54, 1.807) is 10.9 Å². The summed E-state index contributed by atoms with van der Waals surface area (Å²) in [4.78, 5) is 0. The van der Waals surface area contributed by atoms with Crippen molar-refractivity contribution in [3.05, 3.63) is 75.9 Å². The maximum absolute atomic E-state index is 6.26. The van der Waals surface area contributed by atoms with Crippen molar-refractivity contribution in [3.8, 4) is 0 Å². The highest BCUT2D eigenvalue weighted by atomic mass is 35.5. The Bertz CT molecular complexity index is 908. The van der Waals surface area contributed by atoms with E-state index < -0.39 is 0 Å². The monoisotopic (exact) mass is 390 g/mol. The molecule has 2 N–H and O–H groups in total. The van der Waals surface area contributed by atoms with Gasteiger partial charge in [0, 0.05) is 16.9 Å². The minimum absolute atomic E-state index is 0.426. The highest BCUT2D eigenvalue weighted by Crippen LogP contribution is 2.22. The van der Waals surface area contributed by atoms with Crippen LogP contribution < -0.4 is 10.6 Å². The molecule has 0 bridgehead atoms. The summed E-state index contributed by atoms with van der Waals surface area (Å²) in [6, 6.07) is 15.6. The van der Waals surface area contributed by atoms with Crippen LogP contribution in [-0.2, 0) is 6.54 Å². The van der Waals surface area contributed by atoms with Gasteiger partial charge < -0.3 is 10.6 Å². The molecule has 0 spiro atoms. The first-order valence-corrected chi connectivity index (χ1v) is 8.79. The van der Waals surface area contributed by atoms with E-state index >= 15 is 0 Å². The van der Waals surface area contributed by atoms with Gasteiger partial charge in [0.25, 0.3) is 0 Å². The van der Waals surface area contributed by atoms with E-state index in [-0.39, 0.29) is 0 Å². The lowest BCUT2D eigenvalue weighted by Gasteiger charge is -2.09. The Labute approximate surface area is 161 Å². The summed E-state index contributed by atoms with van der Waals surface area (Å²) in [5, 5.41) is 12.2. The fraction of sp³-hybridized carbons (Fsp3) is 0.111. The number of anilines is 2.